The molecule has 74 valence electrons. The third-order valence-electron chi connectivity index (χ3n) is 1.98. The number of anilines is 1. The van der Waals surface area contributed by atoms with Crippen LogP contribution in [0.15, 0.2) is 6.20 Å². The summed E-state index contributed by atoms with van der Waals surface area (Å²) >= 11 is 0. The van der Waals surface area contributed by atoms with Gasteiger partial charge in [-0.2, -0.15) is 0 Å². The molecular weight excluding hydrogens is 164 g/mol. The highest BCUT2D eigenvalue weighted by molar-refractivity contribution is 5.22. The van der Waals surface area contributed by atoms with E-state index in [1.54, 1.807) is 0 Å². The third-order valence-corrected chi connectivity index (χ3v) is 1.98. The Morgan fingerprint density at radius 2 is 2.31 bits per heavy atom. The summed E-state index contributed by atoms with van der Waals surface area (Å²) in [6.45, 7) is 8.01. The molecule has 1 rings (SSSR count). The van der Waals surface area contributed by atoms with Crippen LogP contribution in [0.5, 0.6) is 0 Å². The van der Waals surface area contributed by atoms with Crippen molar-refractivity contribution in [2.75, 3.05) is 5.73 Å². The molecular formula is C9H18N4. The Morgan fingerprint density at radius 3 is 2.85 bits per heavy atom. The summed E-state index contributed by atoms with van der Waals surface area (Å²) in [4.78, 5) is 4.07. The van der Waals surface area contributed by atoms with Gasteiger partial charge < -0.3 is 15.6 Å². The van der Waals surface area contributed by atoms with Gasteiger partial charge in [0, 0.05) is 19.1 Å². The molecule has 1 aromatic rings. The van der Waals surface area contributed by atoms with Crippen molar-refractivity contribution in [3.63, 3.8) is 0 Å². The van der Waals surface area contributed by atoms with Gasteiger partial charge in [-0.1, -0.05) is 13.8 Å². The first kappa shape index (κ1) is 10.1. The third kappa shape index (κ3) is 2.45. The van der Waals surface area contributed by atoms with Crippen LogP contribution >= 0.6 is 0 Å². The molecule has 0 aliphatic rings. The summed E-state index contributed by atoms with van der Waals surface area (Å²) in [5.74, 6) is 0.600. The van der Waals surface area contributed by atoms with Crippen LogP contribution in [0.3, 0.4) is 0 Å². The predicted octanol–water partition coefficient (Wildman–Crippen LogP) is 0.983. The average Bonchev–Trinajstić information content (AvgIpc) is 2.42. The molecule has 3 N–H and O–H groups in total. The van der Waals surface area contributed by atoms with Crippen LogP contribution in [0.4, 0.5) is 5.95 Å². The standard InChI is InChI=1S/C9H18N4/c1-4-13-8(5-11-7(2)3)6-12-9(13)10/h6-7,11H,4-5H2,1-3H3,(H2,10,12). The maximum Gasteiger partial charge on any atom is 0.200 e. The first-order valence-corrected chi connectivity index (χ1v) is 4.68. The molecule has 13 heavy (non-hydrogen) atoms. The minimum atomic E-state index is 0.487. The van der Waals surface area contributed by atoms with Crippen LogP contribution in [-0.2, 0) is 13.1 Å². The number of hydrogen-bond donors (Lipinski definition) is 2. The molecule has 0 amide bonds. The molecule has 0 radical (unpaired) electrons. The monoisotopic (exact) mass is 182 g/mol. The van der Waals surface area contributed by atoms with Crippen LogP contribution in [0.1, 0.15) is 26.5 Å². The van der Waals surface area contributed by atoms with Crippen LogP contribution in [0.25, 0.3) is 0 Å². The highest BCUT2D eigenvalue weighted by atomic mass is 15.2. The number of hydrogen-bond acceptors (Lipinski definition) is 3. The smallest absolute Gasteiger partial charge is 0.200 e. The molecule has 0 spiro atoms. The number of aromatic nitrogens is 2. The first-order chi connectivity index (χ1) is 6.15. The lowest BCUT2D eigenvalue weighted by Crippen LogP contribution is -2.23. The molecule has 1 aromatic heterocycles. The molecule has 0 saturated heterocycles. The molecule has 4 heteroatoms. The zero-order chi connectivity index (χ0) is 9.84. The highest BCUT2D eigenvalue weighted by Crippen LogP contribution is 2.06. The number of rotatable bonds is 4. The maximum absolute atomic E-state index is 5.68. The molecule has 0 saturated carbocycles. The Morgan fingerprint density at radius 1 is 1.62 bits per heavy atom. The van der Waals surface area contributed by atoms with Gasteiger partial charge in [0.1, 0.15) is 0 Å². The van der Waals surface area contributed by atoms with Crippen molar-refractivity contribution in [3.8, 4) is 0 Å². The second kappa shape index (κ2) is 4.28. The van der Waals surface area contributed by atoms with Gasteiger partial charge in [-0.25, -0.2) is 4.98 Å². The van der Waals surface area contributed by atoms with Gasteiger partial charge in [0.05, 0.1) is 11.9 Å². The van der Waals surface area contributed by atoms with E-state index in [0.29, 0.717) is 12.0 Å². The number of imidazole rings is 1. The maximum atomic E-state index is 5.68. The molecule has 0 unspecified atom stereocenters. The zero-order valence-corrected chi connectivity index (χ0v) is 8.54. The van der Waals surface area contributed by atoms with Crippen molar-refractivity contribution in [2.45, 2.75) is 39.9 Å². The van der Waals surface area contributed by atoms with Gasteiger partial charge >= 0.3 is 0 Å². The van der Waals surface area contributed by atoms with Gasteiger partial charge in [0.2, 0.25) is 0 Å². The topological polar surface area (TPSA) is 55.9 Å². The Hall–Kier alpha value is -1.03. The fraction of sp³-hybridized carbons (Fsp3) is 0.667. The summed E-state index contributed by atoms with van der Waals surface area (Å²) in [6, 6.07) is 0.487. The molecule has 0 bridgehead atoms. The molecule has 4 nitrogen and oxygen atoms in total. The second-order valence-corrected chi connectivity index (χ2v) is 3.39. The fourth-order valence-electron chi connectivity index (χ4n) is 1.24. The SMILES string of the molecule is CCn1c(CNC(C)C)cnc1N. The molecule has 0 aliphatic carbocycles. The molecule has 0 aliphatic heterocycles. The van der Waals surface area contributed by atoms with Gasteiger partial charge in [0.25, 0.3) is 0 Å². The fourth-order valence-corrected chi connectivity index (χ4v) is 1.24. The Balaban J connectivity index is 2.65. The van der Waals surface area contributed by atoms with Crippen molar-refractivity contribution < 1.29 is 0 Å². The van der Waals surface area contributed by atoms with Gasteiger partial charge in [-0.15, -0.1) is 0 Å². The lowest BCUT2D eigenvalue weighted by atomic mass is 10.3. The van der Waals surface area contributed by atoms with E-state index < -0.39 is 0 Å². The van der Waals surface area contributed by atoms with E-state index in [4.69, 9.17) is 5.73 Å². The summed E-state index contributed by atoms with van der Waals surface area (Å²) in [5.41, 5.74) is 6.83. The Bertz CT molecular complexity index is 265. The van der Waals surface area contributed by atoms with Crippen LogP contribution in [0.2, 0.25) is 0 Å². The number of nitrogen functional groups attached to an aromatic ring is 1. The van der Waals surface area contributed by atoms with E-state index in [2.05, 4.69) is 31.1 Å². The van der Waals surface area contributed by atoms with Gasteiger partial charge in [0.15, 0.2) is 5.95 Å². The van der Waals surface area contributed by atoms with Crippen LogP contribution < -0.4 is 11.1 Å². The quantitative estimate of drug-likeness (QED) is 0.730. The number of nitrogens with two attached hydrogens (primary N) is 1. The van der Waals surface area contributed by atoms with Gasteiger partial charge in [-0.05, 0) is 6.92 Å². The van der Waals surface area contributed by atoms with Crippen molar-refractivity contribution in [1.82, 2.24) is 14.9 Å². The van der Waals surface area contributed by atoms with E-state index in [-0.39, 0.29) is 0 Å². The van der Waals surface area contributed by atoms with E-state index in [9.17, 15) is 0 Å². The summed E-state index contributed by atoms with van der Waals surface area (Å²) in [7, 11) is 0. The normalized spacial score (nSPS) is 11.1. The van der Waals surface area contributed by atoms with Crippen LogP contribution in [0, 0.1) is 0 Å². The molecule has 1 heterocycles. The van der Waals surface area contributed by atoms with Crippen molar-refractivity contribution in [3.05, 3.63) is 11.9 Å². The summed E-state index contributed by atoms with van der Waals surface area (Å²) in [5, 5.41) is 3.33. The molecule has 0 fully saturated rings. The van der Waals surface area contributed by atoms with Crippen LogP contribution in [-0.4, -0.2) is 15.6 Å². The minimum Gasteiger partial charge on any atom is -0.369 e. The summed E-state index contributed by atoms with van der Waals surface area (Å²) < 4.78 is 2.01. The van der Waals surface area contributed by atoms with Crippen molar-refractivity contribution >= 4 is 5.95 Å². The molecule has 0 aromatic carbocycles. The average molecular weight is 182 g/mol. The largest absolute Gasteiger partial charge is 0.369 e. The second-order valence-electron chi connectivity index (χ2n) is 3.39. The lowest BCUT2D eigenvalue weighted by Gasteiger charge is -2.10. The minimum absolute atomic E-state index is 0.487. The highest BCUT2D eigenvalue weighted by Gasteiger charge is 2.04. The molecule has 0 atom stereocenters. The predicted molar refractivity (Wildman–Crippen MR) is 54.3 cm³/mol. The summed E-state index contributed by atoms with van der Waals surface area (Å²) in [6.07, 6.45) is 1.83. The lowest BCUT2D eigenvalue weighted by molar-refractivity contribution is 0.563. The Kier molecular flexibility index (Phi) is 3.31. The van der Waals surface area contributed by atoms with E-state index >= 15 is 0 Å². The van der Waals surface area contributed by atoms with E-state index in [1.165, 1.54) is 0 Å². The van der Waals surface area contributed by atoms with Crippen molar-refractivity contribution in [1.29, 1.82) is 0 Å². The van der Waals surface area contributed by atoms with Crippen molar-refractivity contribution in [2.24, 2.45) is 0 Å². The van der Waals surface area contributed by atoms with E-state index in [0.717, 1.165) is 18.8 Å². The first-order valence-electron chi connectivity index (χ1n) is 4.68. The van der Waals surface area contributed by atoms with Gasteiger partial charge in [-0.3, -0.25) is 0 Å². The Labute approximate surface area is 79.1 Å². The number of nitrogens with zero attached hydrogens (tertiary/aromatic N) is 2. The zero-order valence-electron chi connectivity index (χ0n) is 8.54. The van der Waals surface area contributed by atoms with E-state index in [1.807, 2.05) is 10.8 Å². The number of nitrogens with one attached hydrogen (secondary N) is 1.